The molecule has 2 aromatic carbocycles. The highest BCUT2D eigenvalue weighted by Crippen LogP contribution is 2.35. The van der Waals surface area contributed by atoms with Gasteiger partial charge in [0.25, 0.3) is 0 Å². The molecule has 11 nitrogen and oxygen atoms in total. The highest BCUT2D eigenvalue weighted by atomic mass is 35.5. The molecule has 1 aliphatic rings. The van der Waals surface area contributed by atoms with Crippen LogP contribution >= 0.6 is 11.6 Å². The number of rotatable bonds is 11. The number of piperazine rings is 1. The number of nitrogens with two attached hydrogens (primary N) is 1. The fraction of sp³-hybridized carbons (Fsp3) is 0.407. The molecule has 216 valence electrons. The number of benzene rings is 2. The molecule has 1 fully saturated rings. The number of nitrogens with zero attached hydrogens (tertiary/aromatic N) is 4. The van der Waals surface area contributed by atoms with Crippen LogP contribution in [0.25, 0.3) is 10.9 Å². The van der Waals surface area contributed by atoms with E-state index >= 15 is 0 Å². The average Bonchev–Trinajstić information content (AvgIpc) is 2.96. The van der Waals surface area contributed by atoms with E-state index in [1.165, 1.54) is 18.5 Å². The van der Waals surface area contributed by atoms with E-state index < -0.39 is 11.8 Å². The van der Waals surface area contributed by atoms with Gasteiger partial charge in [-0.2, -0.15) is 0 Å². The van der Waals surface area contributed by atoms with E-state index in [-0.39, 0.29) is 23.8 Å². The quantitative estimate of drug-likeness (QED) is 0.290. The number of anilines is 2. The minimum atomic E-state index is -0.960. The first-order valence-corrected chi connectivity index (χ1v) is 13.1. The van der Waals surface area contributed by atoms with E-state index in [4.69, 9.17) is 27.6 Å². The summed E-state index contributed by atoms with van der Waals surface area (Å²) in [5.74, 6) is 0.0264. The maximum atomic E-state index is 13.5. The summed E-state index contributed by atoms with van der Waals surface area (Å²) in [6.45, 7) is 3.90. The van der Waals surface area contributed by atoms with Crippen molar-refractivity contribution in [3.05, 3.63) is 47.5 Å². The lowest BCUT2D eigenvalue weighted by atomic mass is 10.2. The fourth-order valence-electron chi connectivity index (χ4n) is 4.21. The van der Waals surface area contributed by atoms with E-state index in [9.17, 15) is 14.0 Å². The molecule has 0 saturated carbocycles. The maximum absolute atomic E-state index is 13.5. The lowest BCUT2D eigenvalue weighted by Crippen LogP contribution is -2.49. The molecule has 0 aliphatic carbocycles. The Morgan fingerprint density at radius 2 is 1.93 bits per heavy atom. The van der Waals surface area contributed by atoms with Crippen molar-refractivity contribution >= 4 is 45.9 Å². The monoisotopic (exact) mass is 577 g/mol. The van der Waals surface area contributed by atoms with Gasteiger partial charge in [-0.15, -0.1) is 0 Å². The predicted octanol–water partition coefficient (Wildman–Crippen LogP) is 3.53. The van der Waals surface area contributed by atoms with Gasteiger partial charge in [0, 0.05) is 56.3 Å². The number of carbonyl (C=O) groups is 2. The van der Waals surface area contributed by atoms with Gasteiger partial charge in [0.1, 0.15) is 19.4 Å². The Morgan fingerprint density at radius 3 is 2.60 bits per heavy atom. The summed E-state index contributed by atoms with van der Waals surface area (Å²) in [7, 11) is 3.10. The van der Waals surface area contributed by atoms with Gasteiger partial charge in [-0.1, -0.05) is 11.6 Å². The van der Waals surface area contributed by atoms with E-state index in [2.05, 4.69) is 20.2 Å². The van der Waals surface area contributed by atoms with Crippen LogP contribution in [0.3, 0.4) is 0 Å². The number of halogens is 2. The third-order valence-corrected chi connectivity index (χ3v) is 6.55. The zero-order valence-corrected chi connectivity index (χ0v) is 23.2. The van der Waals surface area contributed by atoms with Crippen LogP contribution in [0.1, 0.15) is 19.3 Å². The number of methoxy groups -OCH3 is 1. The molecule has 0 spiro atoms. The van der Waals surface area contributed by atoms with E-state index in [1.54, 1.807) is 31.2 Å². The fourth-order valence-corrected chi connectivity index (χ4v) is 4.39. The molecule has 2 heterocycles. The van der Waals surface area contributed by atoms with Crippen molar-refractivity contribution in [2.75, 3.05) is 58.8 Å². The van der Waals surface area contributed by atoms with Gasteiger partial charge in [-0.3, -0.25) is 14.5 Å². The Hall–Kier alpha value is -3.74. The van der Waals surface area contributed by atoms with E-state index in [0.29, 0.717) is 53.6 Å². The van der Waals surface area contributed by atoms with Crippen molar-refractivity contribution < 1.29 is 30.0 Å². The topological polar surface area (TPSA) is 143 Å². The molecule has 1 amide bonds. The van der Waals surface area contributed by atoms with E-state index in [1.807, 2.05) is 11.8 Å². The molecule has 1 aliphatic heterocycles. The van der Waals surface area contributed by atoms with Crippen LogP contribution in [0.4, 0.5) is 15.9 Å². The molecular weight excluding hydrogens is 543 g/mol. The molecule has 4 N–H and O–H groups in total. The van der Waals surface area contributed by atoms with E-state index in [0.717, 1.165) is 26.1 Å². The standard InChI is InChI=1S/C26H29ClFN5O5.CH5N/c1-37-22-15-21-18(26(30-16-29-21)31-17-3-4-20(28)19(27)13-17)14-23(22)38-12-2-7-32-8-10-33(11-9-32)24(34)5-6-25(35)36;1-2/h3-4,13-16H,2,5-12H2,1H3,(H,35,36)(H,29,30,31);2H2,1H3/i/hD. The second kappa shape index (κ2) is 15.2. The second-order valence-corrected chi connectivity index (χ2v) is 9.22. The average molecular weight is 578 g/mol. The zero-order valence-electron chi connectivity index (χ0n) is 23.5. The SMILES string of the molecule is COc1cc2ncnc(Nc3ccc(F)c(Cl)c3)c2cc1OCCCN1CCN(C(=O)CCC(=O)O)CC1.[2H]NC. The third kappa shape index (κ3) is 8.38. The van der Waals surface area contributed by atoms with Gasteiger partial charge in [-0.05, 0) is 37.7 Å². The number of carboxylic acids is 1. The molecule has 0 radical (unpaired) electrons. The summed E-state index contributed by atoms with van der Waals surface area (Å²) in [5.41, 5.74) is 3.23. The lowest BCUT2D eigenvalue weighted by Gasteiger charge is -2.34. The lowest BCUT2D eigenvalue weighted by molar-refractivity contribution is -0.141. The summed E-state index contributed by atoms with van der Waals surface area (Å²) < 4.78 is 31.1. The third-order valence-electron chi connectivity index (χ3n) is 6.26. The van der Waals surface area contributed by atoms with Crippen LogP contribution in [0.2, 0.25) is 6.43 Å². The van der Waals surface area contributed by atoms with Crippen molar-refractivity contribution in [3.8, 4) is 11.5 Å². The minimum absolute atomic E-state index is 0.00486. The second-order valence-electron chi connectivity index (χ2n) is 8.81. The smallest absolute Gasteiger partial charge is 0.303 e. The Balaban J connectivity index is 0.00000147. The van der Waals surface area contributed by atoms with Crippen molar-refractivity contribution in [1.29, 1.82) is 0 Å². The highest BCUT2D eigenvalue weighted by molar-refractivity contribution is 6.31. The highest BCUT2D eigenvalue weighted by Gasteiger charge is 2.21. The largest absolute Gasteiger partial charge is 0.493 e. The number of aliphatic carboxylic acids is 1. The molecule has 13 heteroatoms. The Bertz CT molecular complexity index is 1330. The number of aromatic nitrogens is 2. The van der Waals surface area contributed by atoms with Crippen molar-refractivity contribution in [2.24, 2.45) is 5.73 Å². The number of amides is 1. The first-order valence-electron chi connectivity index (χ1n) is 13.2. The number of hydrogen-bond donors (Lipinski definition) is 3. The number of fused-ring (bicyclic) bond motifs is 1. The van der Waals surface area contributed by atoms with Crippen molar-refractivity contribution in [1.82, 2.24) is 19.8 Å². The molecule has 3 aromatic rings. The van der Waals surface area contributed by atoms with Crippen LogP contribution < -0.4 is 20.5 Å². The molecule has 0 atom stereocenters. The van der Waals surface area contributed by atoms with Gasteiger partial charge >= 0.3 is 5.97 Å². The van der Waals surface area contributed by atoms with Crippen LogP contribution in [0.5, 0.6) is 11.5 Å². The number of nitrogens with one attached hydrogen (secondary N) is 1. The molecule has 1 saturated heterocycles. The summed E-state index contributed by atoms with van der Waals surface area (Å²) in [6.07, 6.45) is 2.09. The number of ether oxygens (including phenoxy) is 2. The molecule has 1 aromatic heterocycles. The Kier molecular flexibility index (Phi) is 11.1. The van der Waals surface area contributed by atoms with Gasteiger partial charge in [0.05, 0.1) is 30.7 Å². The van der Waals surface area contributed by atoms with Crippen molar-refractivity contribution in [2.45, 2.75) is 19.3 Å². The Morgan fingerprint density at radius 1 is 1.18 bits per heavy atom. The number of carbonyl (C=O) groups excluding carboxylic acids is 1. The summed E-state index contributed by atoms with van der Waals surface area (Å²) >= 11 is 5.91. The number of carboxylic acid groups (broad SMARTS) is 1. The van der Waals surface area contributed by atoms with Crippen LogP contribution in [-0.4, -0.2) is 90.2 Å². The van der Waals surface area contributed by atoms with Crippen molar-refractivity contribution in [3.63, 3.8) is 0 Å². The van der Waals surface area contributed by atoms with Gasteiger partial charge in [0.15, 0.2) is 11.5 Å². The summed E-state index contributed by atoms with van der Waals surface area (Å²) in [6, 6.07) is 7.92. The van der Waals surface area contributed by atoms with Crippen LogP contribution in [-0.2, 0) is 9.59 Å². The molecule has 4 rings (SSSR count). The predicted molar refractivity (Wildman–Crippen MR) is 151 cm³/mol. The van der Waals surface area contributed by atoms with Gasteiger partial charge < -0.3 is 30.5 Å². The van der Waals surface area contributed by atoms with Gasteiger partial charge in [0.2, 0.25) is 5.91 Å². The molecule has 0 bridgehead atoms. The molecule has 0 unspecified atom stereocenters. The first kappa shape index (κ1) is 29.2. The maximum Gasteiger partial charge on any atom is 0.303 e. The number of hydrogen-bond acceptors (Lipinski definition) is 9. The molecule has 40 heavy (non-hydrogen) atoms. The zero-order chi connectivity index (χ0) is 29.8. The first-order chi connectivity index (χ1) is 19.7. The summed E-state index contributed by atoms with van der Waals surface area (Å²) in [5, 5.41) is 12.6. The van der Waals surface area contributed by atoms with Crippen LogP contribution in [0, 0.1) is 5.82 Å². The molecular formula is C27H34ClFN6O5. The van der Waals surface area contributed by atoms with Crippen LogP contribution in [0.15, 0.2) is 36.7 Å². The summed E-state index contributed by atoms with van der Waals surface area (Å²) in [4.78, 5) is 35.4. The normalized spacial score (nSPS) is 13.7. The minimum Gasteiger partial charge on any atom is -0.493 e. The Labute approximate surface area is 238 Å². The van der Waals surface area contributed by atoms with Gasteiger partial charge in [-0.25, -0.2) is 14.4 Å².